The average Bonchev–Trinajstić information content (AvgIpc) is 2.34. The van der Waals surface area contributed by atoms with E-state index >= 15 is 0 Å². The monoisotopic (exact) mass is 267 g/mol. The molecule has 8 heteroatoms. The number of hydrogen-bond acceptors (Lipinski definition) is 8. The second-order valence-electron chi connectivity index (χ2n) is 3.45. The van der Waals surface area contributed by atoms with Crippen molar-refractivity contribution < 1.29 is 30.3 Å². The maximum Gasteiger partial charge on any atom is 0.185 e. The van der Waals surface area contributed by atoms with Crippen LogP contribution < -0.4 is 0 Å². The summed E-state index contributed by atoms with van der Waals surface area (Å²) in [7, 11) is 1.26. The zero-order valence-electron chi connectivity index (χ0n) is 9.28. The van der Waals surface area contributed by atoms with Crippen LogP contribution in [0.1, 0.15) is 6.42 Å². The largest absolute Gasteiger partial charge is 0.484 e. The summed E-state index contributed by atoms with van der Waals surface area (Å²) in [6, 6.07) is 0. The molecule has 7 nitrogen and oxygen atoms in total. The number of thiocarbonyl (C=S) groups is 1. The van der Waals surface area contributed by atoms with Crippen LogP contribution in [0.25, 0.3) is 0 Å². The van der Waals surface area contributed by atoms with Crippen LogP contribution in [-0.2, 0) is 4.74 Å². The fraction of sp³-hybridized carbons (Fsp3) is 0.778. The first-order valence-electron chi connectivity index (χ1n) is 4.82. The molecule has 0 saturated heterocycles. The van der Waals surface area contributed by atoms with Gasteiger partial charge in [0.2, 0.25) is 0 Å². The van der Waals surface area contributed by atoms with Crippen molar-refractivity contribution in [3.63, 3.8) is 0 Å². The molecule has 0 radical (unpaired) electrons. The number of nitrogens with one attached hydrogen (secondary N) is 1. The van der Waals surface area contributed by atoms with Gasteiger partial charge >= 0.3 is 0 Å². The van der Waals surface area contributed by atoms with Crippen molar-refractivity contribution in [3.05, 3.63) is 0 Å². The molecule has 0 unspecified atom stereocenters. The Kier molecular flexibility index (Phi) is 7.35. The summed E-state index contributed by atoms with van der Waals surface area (Å²) in [4.78, 5) is -0.103. The Morgan fingerprint density at radius 3 is 2.18 bits per heavy atom. The highest BCUT2D eigenvalue weighted by molar-refractivity contribution is 7.80. The third-order valence-corrected chi connectivity index (χ3v) is 2.55. The Labute approximate surface area is 104 Å². The molecule has 0 fully saturated rings. The zero-order valence-corrected chi connectivity index (χ0v) is 10.1. The van der Waals surface area contributed by atoms with Gasteiger partial charge in [-0.15, -0.1) is 0 Å². The van der Waals surface area contributed by atoms with E-state index in [0.717, 1.165) is 0 Å². The lowest BCUT2D eigenvalue weighted by Gasteiger charge is -2.25. The lowest BCUT2D eigenvalue weighted by Crippen LogP contribution is -2.48. The first-order valence-corrected chi connectivity index (χ1v) is 5.23. The van der Waals surface area contributed by atoms with Gasteiger partial charge in [-0.2, -0.15) is 0 Å². The first kappa shape index (κ1) is 16.4. The molecule has 0 spiro atoms. The molecule has 0 aromatic carbocycles. The minimum atomic E-state index is -1.74. The fourth-order valence-electron chi connectivity index (χ4n) is 1.05. The Morgan fingerprint density at radius 1 is 1.24 bits per heavy atom. The van der Waals surface area contributed by atoms with E-state index in [1.165, 1.54) is 7.11 Å². The molecule has 100 valence electrons. The standard InChI is InChI=1S/C9H17NO6S/c1-16-6(10)2-5(17)8(14)9(15)7(13)4(12)3-11/h4,7-15H,2-3H2,1H3/t4-,7-,8-,9+/m1/s1. The van der Waals surface area contributed by atoms with Crippen molar-refractivity contribution in [2.24, 2.45) is 0 Å². The van der Waals surface area contributed by atoms with E-state index in [1.54, 1.807) is 0 Å². The smallest absolute Gasteiger partial charge is 0.185 e. The summed E-state index contributed by atoms with van der Waals surface area (Å²) in [6.07, 6.45) is -6.83. The zero-order chi connectivity index (χ0) is 13.6. The molecule has 0 aliphatic carbocycles. The molecule has 0 rings (SSSR count). The predicted octanol–water partition coefficient (Wildman–Crippen LogP) is -2.19. The quantitative estimate of drug-likeness (QED) is 0.175. The summed E-state index contributed by atoms with van der Waals surface area (Å²) in [5, 5.41) is 53.2. The van der Waals surface area contributed by atoms with Crippen LogP contribution in [-0.4, -0.2) is 74.4 Å². The molecule has 0 aromatic heterocycles. The van der Waals surface area contributed by atoms with Crippen LogP contribution in [0.15, 0.2) is 0 Å². The van der Waals surface area contributed by atoms with E-state index in [4.69, 9.17) is 27.8 Å². The Hall–Kier alpha value is -0.640. The van der Waals surface area contributed by atoms with Gasteiger partial charge in [0.05, 0.1) is 20.1 Å². The van der Waals surface area contributed by atoms with Gasteiger partial charge in [0, 0.05) is 4.86 Å². The van der Waals surface area contributed by atoms with Gasteiger partial charge in [0.25, 0.3) is 0 Å². The number of rotatable bonds is 7. The van der Waals surface area contributed by atoms with E-state index in [0.29, 0.717) is 0 Å². The van der Waals surface area contributed by atoms with Crippen molar-refractivity contribution in [3.8, 4) is 0 Å². The summed E-state index contributed by atoms with van der Waals surface area (Å²) in [5.74, 6) is -0.196. The highest BCUT2D eigenvalue weighted by Crippen LogP contribution is 2.09. The lowest BCUT2D eigenvalue weighted by molar-refractivity contribution is -0.101. The van der Waals surface area contributed by atoms with E-state index in [9.17, 15) is 15.3 Å². The second kappa shape index (κ2) is 7.64. The number of ether oxygens (including phenoxy) is 1. The van der Waals surface area contributed by atoms with Gasteiger partial charge in [-0.25, -0.2) is 0 Å². The summed E-state index contributed by atoms with van der Waals surface area (Å²) in [5.41, 5.74) is 0. The molecule has 4 atom stereocenters. The molecule has 0 aliphatic heterocycles. The van der Waals surface area contributed by atoms with Gasteiger partial charge in [-0.3, -0.25) is 5.41 Å². The molecular formula is C9H17NO6S. The van der Waals surface area contributed by atoms with Gasteiger partial charge in [0.1, 0.15) is 24.4 Å². The predicted molar refractivity (Wildman–Crippen MR) is 63.1 cm³/mol. The molecule has 0 saturated carbocycles. The SMILES string of the molecule is COC(=N)CC(=S)[C@@H](O)[C@@H](O)[C@H](O)[C@H](O)CO. The maximum absolute atomic E-state index is 9.55. The number of hydrogen-bond donors (Lipinski definition) is 6. The van der Waals surface area contributed by atoms with Crippen LogP contribution in [0.2, 0.25) is 0 Å². The van der Waals surface area contributed by atoms with Crippen LogP contribution in [0, 0.1) is 5.41 Å². The topological polar surface area (TPSA) is 134 Å². The Balaban J connectivity index is 4.43. The number of aliphatic hydroxyl groups excluding tert-OH is 5. The van der Waals surface area contributed by atoms with Gasteiger partial charge < -0.3 is 30.3 Å². The van der Waals surface area contributed by atoms with Crippen molar-refractivity contribution >= 4 is 23.0 Å². The third-order valence-electron chi connectivity index (χ3n) is 2.17. The van der Waals surface area contributed by atoms with Crippen LogP contribution in [0.5, 0.6) is 0 Å². The molecular weight excluding hydrogens is 250 g/mol. The number of aliphatic hydroxyl groups is 5. The maximum atomic E-state index is 9.55. The molecule has 0 aromatic rings. The lowest BCUT2D eigenvalue weighted by atomic mass is 10.00. The summed E-state index contributed by atoms with van der Waals surface area (Å²) >= 11 is 4.75. The van der Waals surface area contributed by atoms with E-state index in [1.807, 2.05) is 0 Å². The molecule has 0 amide bonds. The highest BCUT2D eigenvalue weighted by Gasteiger charge is 2.32. The summed E-state index contributed by atoms with van der Waals surface area (Å²) in [6.45, 7) is -0.758. The van der Waals surface area contributed by atoms with E-state index in [-0.39, 0.29) is 17.2 Å². The minimum absolute atomic E-state index is 0.103. The van der Waals surface area contributed by atoms with Crippen LogP contribution >= 0.6 is 12.2 Å². The van der Waals surface area contributed by atoms with E-state index in [2.05, 4.69) is 4.74 Å². The summed E-state index contributed by atoms with van der Waals surface area (Å²) < 4.78 is 4.53. The van der Waals surface area contributed by atoms with Crippen molar-refractivity contribution in [1.29, 1.82) is 5.41 Å². The molecule has 6 N–H and O–H groups in total. The minimum Gasteiger partial charge on any atom is -0.484 e. The molecule has 0 bridgehead atoms. The Morgan fingerprint density at radius 2 is 1.76 bits per heavy atom. The van der Waals surface area contributed by atoms with Gasteiger partial charge in [0.15, 0.2) is 5.90 Å². The molecule has 0 heterocycles. The fourth-order valence-corrected chi connectivity index (χ4v) is 1.32. The second-order valence-corrected chi connectivity index (χ2v) is 3.97. The average molecular weight is 267 g/mol. The Bertz CT molecular complexity index is 274. The normalized spacial score (nSPS) is 18.0. The van der Waals surface area contributed by atoms with Gasteiger partial charge in [-0.05, 0) is 0 Å². The van der Waals surface area contributed by atoms with E-state index < -0.39 is 31.0 Å². The highest BCUT2D eigenvalue weighted by atomic mass is 32.1. The molecule has 17 heavy (non-hydrogen) atoms. The van der Waals surface area contributed by atoms with Crippen molar-refractivity contribution in [1.82, 2.24) is 0 Å². The van der Waals surface area contributed by atoms with Crippen molar-refractivity contribution in [2.45, 2.75) is 30.8 Å². The van der Waals surface area contributed by atoms with Crippen molar-refractivity contribution in [2.75, 3.05) is 13.7 Å². The third kappa shape index (κ3) is 5.02. The van der Waals surface area contributed by atoms with Crippen LogP contribution in [0.4, 0.5) is 0 Å². The van der Waals surface area contributed by atoms with Gasteiger partial charge in [-0.1, -0.05) is 12.2 Å². The number of methoxy groups -OCH3 is 1. The first-order chi connectivity index (χ1) is 7.84. The van der Waals surface area contributed by atoms with Crippen LogP contribution in [0.3, 0.4) is 0 Å². The molecule has 0 aliphatic rings.